The number of carboxylic acid groups (broad SMARTS) is 1. The quantitative estimate of drug-likeness (QED) is 0.165. The Hall–Kier alpha value is -1.46. The maximum atomic E-state index is 9.03. The average molecular weight is 430 g/mol. The molecule has 0 bridgehead atoms. The SMILES string of the molecule is CCCCN(CCCC)C(N(CCCC)CCCC)=[N+](C)CCCC.COC(=O)[O-]. The Kier molecular flexibility index (Phi) is 22.8. The van der Waals surface area contributed by atoms with Gasteiger partial charge < -0.3 is 14.6 Å². The Balaban J connectivity index is 0. The van der Waals surface area contributed by atoms with E-state index in [1.165, 1.54) is 103 Å². The van der Waals surface area contributed by atoms with E-state index in [1.807, 2.05) is 0 Å². The number of carbonyl (C=O) groups excluding carboxylic acids is 1. The molecule has 0 N–H and O–H groups in total. The van der Waals surface area contributed by atoms with Crippen LogP contribution in [0.2, 0.25) is 0 Å². The van der Waals surface area contributed by atoms with Gasteiger partial charge in [0.2, 0.25) is 0 Å². The highest BCUT2D eigenvalue weighted by atomic mass is 16.6. The molecule has 6 heteroatoms. The van der Waals surface area contributed by atoms with Gasteiger partial charge in [-0.15, -0.1) is 0 Å². The van der Waals surface area contributed by atoms with Gasteiger partial charge in [0.05, 0.1) is 39.8 Å². The third kappa shape index (κ3) is 16.3. The Bertz CT molecular complexity index is 390. The standard InChI is InChI=1S/C22H48N3.C2H4O3/c1-7-12-17-23(6)22(24(18-13-8-2)19-14-9-3)25(20-15-10-4)21-16-11-5;1-5-2(3)4/h7-21H2,1-6H3;1H3,(H,3,4)/q+1;/p-1. The van der Waals surface area contributed by atoms with E-state index in [4.69, 9.17) is 9.90 Å². The highest BCUT2D eigenvalue weighted by Gasteiger charge is 2.27. The lowest BCUT2D eigenvalue weighted by Crippen LogP contribution is -2.50. The van der Waals surface area contributed by atoms with Crippen LogP contribution in [0.4, 0.5) is 4.79 Å². The van der Waals surface area contributed by atoms with Crippen LogP contribution in [0.3, 0.4) is 0 Å². The molecule has 0 aliphatic heterocycles. The zero-order valence-electron chi connectivity index (χ0n) is 21.2. The van der Waals surface area contributed by atoms with E-state index >= 15 is 0 Å². The number of ether oxygens (including phenoxy) is 1. The van der Waals surface area contributed by atoms with Crippen molar-refractivity contribution in [2.45, 2.75) is 98.8 Å². The molecule has 0 fully saturated rings. The van der Waals surface area contributed by atoms with Crippen LogP contribution < -0.4 is 5.11 Å². The summed E-state index contributed by atoms with van der Waals surface area (Å²) >= 11 is 0. The summed E-state index contributed by atoms with van der Waals surface area (Å²) in [5.41, 5.74) is 0. The van der Waals surface area contributed by atoms with Crippen molar-refractivity contribution >= 4 is 12.1 Å². The number of unbranched alkanes of at least 4 members (excludes halogenated alkanes) is 5. The van der Waals surface area contributed by atoms with Crippen molar-refractivity contribution in [2.75, 3.05) is 46.9 Å². The third-order valence-electron chi connectivity index (χ3n) is 5.05. The van der Waals surface area contributed by atoms with Gasteiger partial charge in [0.15, 0.2) is 0 Å². The fraction of sp³-hybridized carbons (Fsp3) is 0.917. The zero-order chi connectivity index (χ0) is 23.2. The molecule has 0 radical (unpaired) electrons. The second-order valence-corrected chi connectivity index (χ2v) is 7.92. The summed E-state index contributed by atoms with van der Waals surface area (Å²) < 4.78 is 6.11. The van der Waals surface area contributed by atoms with Crippen LogP contribution in [0.1, 0.15) is 98.8 Å². The summed E-state index contributed by atoms with van der Waals surface area (Å²) in [6, 6.07) is 0. The third-order valence-corrected chi connectivity index (χ3v) is 5.05. The molecule has 0 amide bonds. The smallest absolute Gasteiger partial charge is 0.350 e. The minimum Gasteiger partial charge on any atom is -0.553 e. The van der Waals surface area contributed by atoms with Crippen LogP contribution in [-0.4, -0.2) is 73.4 Å². The average Bonchev–Trinajstić information content (AvgIpc) is 2.75. The van der Waals surface area contributed by atoms with Crippen LogP contribution in [0, 0.1) is 0 Å². The molecule has 0 rings (SSSR count). The number of nitrogens with zero attached hydrogens (tertiary/aromatic N) is 3. The van der Waals surface area contributed by atoms with Crippen molar-refractivity contribution < 1.29 is 19.2 Å². The molecule has 0 aliphatic carbocycles. The van der Waals surface area contributed by atoms with Crippen molar-refractivity contribution in [3.05, 3.63) is 0 Å². The topological polar surface area (TPSA) is 58.8 Å². The van der Waals surface area contributed by atoms with Crippen LogP contribution in [-0.2, 0) is 4.74 Å². The van der Waals surface area contributed by atoms with Gasteiger partial charge in [0.1, 0.15) is 0 Å². The van der Waals surface area contributed by atoms with E-state index in [9.17, 15) is 0 Å². The molecule has 0 saturated heterocycles. The molecule has 0 unspecified atom stereocenters. The van der Waals surface area contributed by atoms with Crippen LogP contribution in [0.5, 0.6) is 0 Å². The molecule has 0 heterocycles. The summed E-state index contributed by atoms with van der Waals surface area (Å²) in [6.45, 7) is 17.5. The van der Waals surface area contributed by atoms with Gasteiger partial charge in [-0.05, 0) is 32.1 Å². The van der Waals surface area contributed by atoms with Crippen molar-refractivity contribution in [1.29, 1.82) is 0 Å². The minimum atomic E-state index is -1.50. The Morgan fingerprint density at radius 2 is 1.03 bits per heavy atom. The molecule has 0 spiro atoms. The van der Waals surface area contributed by atoms with Crippen molar-refractivity contribution in [3.63, 3.8) is 0 Å². The molecule has 30 heavy (non-hydrogen) atoms. The molecule has 0 aromatic rings. The maximum Gasteiger partial charge on any atom is 0.350 e. The summed E-state index contributed by atoms with van der Waals surface area (Å²) in [4.78, 5) is 14.4. The van der Waals surface area contributed by atoms with Gasteiger partial charge in [-0.3, -0.25) is 14.4 Å². The Morgan fingerprint density at radius 1 is 0.733 bits per heavy atom. The lowest BCUT2D eigenvalue weighted by atomic mass is 10.2. The van der Waals surface area contributed by atoms with Gasteiger partial charge in [0.25, 0.3) is 6.16 Å². The van der Waals surface area contributed by atoms with Crippen LogP contribution in [0.15, 0.2) is 0 Å². The summed E-state index contributed by atoms with van der Waals surface area (Å²) in [6.07, 6.45) is 11.3. The van der Waals surface area contributed by atoms with Gasteiger partial charge in [-0.25, -0.2) is 0 Å². The van der Waals surface area contributed by atoms with Crippen LogP contribution >= 0.6 is 0 Å². The van der Waals surface area contributed by atoms with E-state index < -0.39 is 6.16 Å². The number of hydrogen-bond acceptors (Lipinski definition) is 3. The number of guanidine groups is 1. The van der Waals surface area contributed by atoms with Crippen molar-refractivity contribution in [2.24, 2.45) is 0 Å². The molecular formula is C24H51N3O3. The molecule has 180 valence electrons. The molecular weight excluding hydrogens is 378 g/mol. The minimum absolute atomic E-state index is 1.04. The van der Waals surface area contributed by atoms with Gasteiger partial charge in [-0.1, -0.05) is 66.7 Å². The summed E-state index contributed by atoms with van der Waals surface area (Å²) in [7, 11) is 3.36. The first-order chi connectivity index (χ1) is 14.4. The molecule has 0 atom stereocenters. The first-order valence-corrected chi connectivity index (χ1v) is 12.3. The highest BCUT2D eigenvalue weighted by Crippen LogP contribution is 2.09. The number of carbonyl (C=O) groups is 1. The van der Waals surface area contributed by atoms with E-state index in [0.29, 0.717) is 0 Å². The second kappa shape index (κ2) is 22.2. The van der Waals surface area contributed by atoms with Gasteiger partial charge in [0, 0.05) is 7.11 Å². The molecule has 0 aromatic heterocycles. The van der Waals surface area contributed by atoms with E-state index in [2.05, 4.69) is 60.8 Å². The number of rotatable bonds is 15. The van der Waals surface area contributed by atoms with E-state index in [1.54, 1.807) is 0 Å². The first kappa shape index (κ1) is 30.7. The predicted molar refractivity (Wildman–Crippen MR) is 126 cm³/mol. The Morgan fingerprint density at radius 3 is 1.27 bits per heavy atom. The number of hydrogen-bond donors (Lipinski definition) is 0. The fourth-order valence-electron chi connectivity index (χ4n) is 3.20. The van der Waals surface area contributed by atoms with Gasteiger partial charge in [-0.2, -0.15) is 0 Å². The van der Waals surface area contributed by atoms with Gasteiger partial charge >= 0.3 is 5.96 Å². The van der Waals surface area contributed by atoms with Crippen molar-refractivity contribution in [1.82, 2.24) is 9.80 Å². The van der Waals surface area contributed by atoms with Crippen molar-refractivity contribution in [3.8, 4) is 0 Å². The normalized spacial score (nSPS) is 10.1. The monoisotopic (exact) mass is 429 g/mol. The lowest BCUT2D eigenvalue weighted by Gasteiger charge is -2.30. The molecule has 0 aromatic carbocycles. The second-order valence-electron chi connectivity index (χ2n) is 7.92. The maximum absolute atomic E-state index is 9.03. The highest BCUT2D eigenvalue weighted by molar-refractivity contribution is 5.75. The summed E-state index contributed by atoms with van der Waals surface area (Å²) in [5, 5.41) is 9.03. The molecule has 0 aliphatic rings. The molecule has 0 saturated carbocycles. The van der Waals surface area contributed by atoms with E-state index in [0.717, 1.165) is 7.11 Å². The first-order valence-electron chi connectivity index (χ1n) is 12.3. The Labute approximate surface area is 187 Å². The van der Waals surface area contributed by atoms with Crippen LogP contribution in [0.25, 0.3) is 0 Å². The summed E-state index contributed by atoms with van der Waals surface area (Å²) in [5.74, 6) is 1.51. The fourth-order valence-corrected chi connectivity index (χ4v) is 3.20. The molecule has 6 nitrogen and oxygen atoms in total. The zero-order valence-corrected chi connectivity index (χ0v) is 21.2. The lowest BCUT2D eigenvalue weighted by molar-refractivity contribution is -0.509. The van der Waals surface area contributed by atoms with E-state index in [-0.39, 0.29) is 0 Å². The predicted octanol–water partition coefficient (Wildman–Crippen LogP) is 4.57. The number of methoxy groups -OCH3 is 1. The largest absolute Gasteiger partial charge is 0.553 e.